The zero-order valence-electron chi connectivity index (χ0n) is 23.9. The minimum atomic E-state index is -0.763. The van der Waals surface area contributed by atoms with Crippen molar-refractivity contribution in [2.75, 3.05) is 25.4 Å². The van der Waals surface area contributed by atoms with Crippen LogP contribution in [0.4, 0.5) is 14.3 Å². The Morgan fingerprint density at radius 1 is 1.09 bits per heavy atom. The fourth-order valence-electron chi connectivity index (χ4n) is 5.88. The Morgan fingerprint density at radius 2 is 1.86 bits per heavy atom. The summed E-state index contributed by atoms with van der Waals surface area (Å²) in [7, 11) is 0. The van der Waals surface area contributed by atoms with Gasteiger partial charge >= 0.3 is 6.03 Å². The second kappa shape index (κ2) is 12.4. The second-order valence-corrected chi connectivity index (χ2v) is 11.8. The number of piperazine rings is 1. The lowest BCUT2D eigenvalue weighted by atomic mass is 10.00. The SMILES string of the molecule is C=CCN(C(=O)NCc1ccc(F)cc1)N1CC(=O)N2[C@@H](Cc3ccccc3)C(=O)N(Cc3cccc4sc(N)nc34)C[C@@H]21. The van der Waals surface area contributed by atoms with Crippen molar-refractivity contribution >= 4 is 44.5 Å². The maximum Gasteiger partial charge on any atom is 0.332 e. The van der Waals surface area contributed by atoms with E-state index in [4.69, 9.17) is 5.73 Å². The largest absolute Gasteiger partial charge is 0.375 e. The molecule has 1 aromatic heterocycles. The molecule has 0 aliphatic carbocycles. The first kappa shape index (κ1) is 29.3. The number of thiazole rings is 1. The van der Waals surface area contributed by atoms with E-state index in [0.717, 1.165) is 26.9 Å². The number of nitrogens with two attached hydrogens (primary N) is 1. The normalized spacial score (nSPS) is 18.5. The molecule has 0 spiro atoms. The van der Waals surface area contributed by atoms with Crippen LogP contribution in [0, 0.1) is 5.82 Å². The summed E-state index contributed by atoms with van der Waals surface area (Å²) in [5.74, 6) is -0.768. The minimum Gasteiger partial charge on any atom is -0.375 e. The van der Waals surface area contributed by atoms with Crippen molar-refractivity contribution in [3.8, 4) is 0 Å². The van der Waals surface area contributed by atoms with Gasteiger partial charge in [0.1, 0.15) is 18.0 Å². The molecule has 2 saturated heterocycles. The van der Waals surface area contributed by atoms with Gasteiger partial charge < -0.3 is 20.9 Å². The van der Waals surface area contributed by atoms with Crippen LogP contribution < -0.4 is 11.1 Å². The molecule has 4 amide bonds. The van der Waals surface area contributed by atoms with Crippen LogP contribution in [0.2, 0.25) is 0 Å². The van der Waals surface area contributed by atoms with Crippen LogP contribution in [0.5, 0.6) is 0 Å². The lowest BCUT2D eigenvalue weighted by molar-refractivity contribution is -0.157. The summed E-state index contributed by atoms with van der Waals surface area (Å²) in [5.41, 5.74) is 9.25. The molecule has 3 heterocycles. The van der Waals surface area contributed by atoms with Gasteiger partial charge in [0.05, 0.1) is 29.9 Å². The molecule has 0 bridgehead atoms. The predicted molar refractivity (Wildman–Crippen MR) is 166 cm³/mol. The Hall–Kier alpha value is -4.81. The van der Waals surface area contributed by atoms with E-state index in [0.29, 0.717) is 11.6 Å². The van der Waals surface area contributed by atoms with Gasteiger partial charge in [-0.2, -0.15) is 5.01 Å². The van der Waals surface area contributed by atoms with Gasteiger partial charge in [-0.25, -0.2) is 14.2 Å². The molecule has 226 valence electrons. The molecule has 2 atom stereocenters. The first-order valence-electron chi connectivity index (χ1n) is 14.3. The van der Waals surface area contributed by atoms with E-state index in [1.807, 2.05) is 48.5 Å². The van der Waals surface area contributed by atoms with Crippen molar-refractivity contribution in [3.63, 3.8) is 0 Å². The van der Waals surface area contributed by atoms with Crippen LogP contribution in [-0.4, -0.2) is 74.5 Å². The van der Waals surface area contributed by atoms with Gasteiger partial charge in [-0.15, -0.1) is 6.58 Å². The van der Waals surface area contributed by atoms with Gasteiger partial charge in [-0.1, -0.05) is 72.0 Å². The van der Waals surface area contributed by atoms with Gasteiger partial charge in [0.2, 0.25) is 11.8 Å². The van der Waals surface area contributed by atoms with Crippen molar-refractivity contribution in [1.82, 2.24) is 30.1 Å². The second-order valence-electron chi connectivity index (χ2n) is 10.8. The third-order valence-corrected chi connectivity index (χ3v) is 8.77. The summed E-state index contributed by atoms with van der Waals surface area (Å²) in [4.78, 5) is 49.1. The lowest BCUT2D eigenvalue weighted by Gasteiger charge is -2.46. The van der Waals surface area contributed by atoms with Crippen LogP contribution in [0.3, 0.4) is 0 Å². The number of urea groups is 1. The van der Waals surface area contributed by atoms with E-state index in [1.165, 1.54) is 28.5 Å². The summed E-state index contributed by atoms with van der Waals surface area (Å²) < 4.78 is 14.3. The number of amides is 4. The first-order chi connectivity index (χ1) is 21.3. The van der Waals surface area contributed by atoms with Crippen LogP contribution in [0.1, 0.15) is 16.7 Å². The summed E-state index contributed by atoms with van der Waals surface area (Å²) in [5, 5.41) is 6.48. The van der Waals surface area contributed by atoms with E-state index >= 15 is 0 Å². The van der Waals surface area contributed by atoms with Crippen molar-refractivity contribution in [2.45, 2.75) is 31.7 Å². The zero-order chi connectivity index (χ0) is 30.8. The molecule has 0 unspecified atom stereocenters. The molecule has 44 heavy (non-hydrogen) atoms. The maximum absolute atomic E-state index is 14.1. The molecule has 2 fully saturated rings. The number of aromatic nitrogens is 1. The molecule has 6 rings (SSSR count). The Balaban J connectivity index is 1.30. The van der Waals surface area contributed by atoms with Gasteiger partial charge in [-0.05, 0) is 34.9 Å². The summed E-state index contributed by atoms with van der Waals surface area (Å²) in [6.07, 6.45) is 1.33. The molecule has 4 aromatic rings. The number of carbonyl (C=O) groups excluding carboxylic acids is 3. The average Bonchev–Trinajstić information content (AvgIpc) is 3.57. The maximum atomic E-state index is 14.1. The van der Waals surface area contributed by atoms with Gasteiger partial charge in [0, 0.05) is 19.5 Å². The number of para-hydroxylation sites is 1. The number of fused-ring (bicyclic) bond motifs is 2. The fourth-order valence-corrected chi connectivity index (χ4v) is 6.66. The van der Waals surface area contributed by atoms with Crippen LogP contribution >= 0.6 is 11.3 Å². The predicted octanol–water partition coefficient (Wildman–Crippen LogP) is 3.75. The molecule has 2 aliphatic rings. The highest BCUT2D eigenvalue weighted by Gasteiger charge is 2.52. The van der Waals surface area contributed by atoms with Crippen molar-refractivity contribution in [3.05, 3.63) is 108 Å². The summed E-state index contributed by atoms with van der Waals surface area (Å²) in [6, 6.07) is 20.0. The molecule has 12 heteroatoms. The number of hydrogen-bond donors (Lipinski definition) is 2. The van der Waals surface area contributed by atoms with Crippen LogP contribution in [0.25, 0.3) is 10.2 Å². The fraction of sp³-hybridized carbons (Fsp3) is 0.250. The Labute approximate surface area is 258 Å². The standard InChI is InChI=1S/C32H32FN7O3S/c1-2-15-38(32(43)35-17-22-11-13-24(33)14-12-22)39-20-28(41)40-25(16-21-7-4-3-5-8-21)30(42)37(19-27(39)40)18-23-9-6-10-26-29(23)36-31(34)44-26/h2-14,25,27H,1,15-20H2,(H2,34,36)(H,35,43)/t25-,27+/m0/s1. The molecule has 0 saturated carbocycles. The zero-order valence-corrected chi connectivity index (χ0v) is 24.8. The number of nitrogens with one attached hydrogen (secondary N) is 1. The highest BCUT2D eigenvalue weighted by molar-refractivity contribution is 7.22. The number of halogens is 1. The number of carbonyl (C=O) groups is 3. The number of rotatable bonds is 9. The summed E-state index contributed by atoms with van der Waals surface area (Å²) in [6.45, 7) is 4.51. The number of benzene rings is 3. The van der Waals surface area contributed by atoms with E-state index in [-0.39, 0.29) is 50.4 Å². The minimum absolute atomic E-state index is 0.0763. The van der Waals surface area contributed by atoms with Crippen LogP contribution in [0.15, 0.2) is 85.5 Å². The van der Waals surface area contributed by atoms with E-state index in [2.05, 4.69) is 16.9 Å². The number of hydrogen-bond acceptors (Lipinski definition) is 7. The number of hydrazine groups is 1. The highest BCUT2D eigenvalue weighted by atomic mass is 32.1. The van der Waals surface area contributed by atoms with Crippen molar-refractivity contribution in [2.24, 2.45) is 0 Å². The number of nitrogens with zero attached hydrogens (tertiary/aromatic N) is 5. The Kier molecular flexibility index (Phi) is 8.27. The molecule has 3 N–H and O–H groups in total. The smallest absolute Gasteiger partial charge is 0.332 e. The molecule has 2 aliphatic heterocycles. The highest BCUT2D eigenvalue weighted by Crippen LogP contribution is 2.32. The molecular weight excluding hydrogens is 581 g/mol. The number of anilines is 1. The third-order valence-electron chi connectivity index (χ3n) is 7.92. The lowest BCUT2D eigenvalue weighted by Crippen LogP contribution is -2.66. The number of nitrogen functional groups attached to an aromatic ring is 1. The topological polar surface area (TPSA) is 115 Å². The summed E-state index contributed by atoms with van der Waals surface area (Å²) >= 11 is 1.39. The molecule has 10 nitrogen and oxygen atoms in total. The molecule has 3 aromatic carbocycles. The quantitative estimate of drug-likeness (QED) is 0.278. The molecule has 0 radical (unpaired) electrons. The third kappa shape index (κ3) is 5.86. The monoisotopic (exact) mass is 613 g/mol. The average molecular weight is 614 g/mol. The van der Waals surface area contributed by atoms with E-state index in [1.54, 1.807) is 33.0 Å². The van der Waals surface area contributed by atoms with E-state index in [9.17, 15) is 18.8 Å². The molecular formula is C32H32FN7O3S. The Morgan fingerprint density at radius 3 is 2.61 bits per heavy atom. The van der Waals surface area contributed by atoms with Gasteiger partial charge in [-0.3, -0.25) is 14.6 Å². The van der Waals surface area contributed by atoms with Crippen LogP contribution in [-0.2, 0) is 29.1 Å². The van der Waals surface area contributed by atoms with Crippen molar-refractivity contribution in [1.29, 1.82) is 0 Å². The van der Waals surface area contributed by atoms with E-state index < -0.39 is 18.2 Å². The van der Waals surface area contributed by atoms with Crippen molar-refractivity contribution < 1.29 is 18.8 Å². The Bertz CT molecular complexity index is 1700. The van der Waals surface area contributed by atoms with Gasteiger partial charge in [0.15, 0.2) is 5.13 Å². The van der Waals surface area contributed by atoms with Gasteiger partial charge in [0.25, 0.3) is 0 Å². The first-order valence-corrected chi connectivity index (χ1v) is 15.1.